The molecule has 0 fully saturated rings. The van der Waals surface area contributed by atoms with Crippen molar-refractivity contribution >= 4 is 28.3 Å². The first kappa shape index (κ1) is 14.9. The molecule has 0 aliphatic heterocycles. The summed E-state index contributed by atoms with van der Waals surface area (Å²) in [6, 6.07) is 22.7. The molecule has 0 saturated carbocycles. The van der Waals surface area contributed by atoms with E-state index < -0.39 is 0 Å². The van der Waals surface area contributed by atoms with Crippen LogP contribution in [-0.4, -0.2) is 5.78 Å². The average molecular weight is 306 g/mol. The molecule has 0 unspecified atom stereocenters. The molecule has 110 valence electrons. The van der Waals surface area contributed by atoms with E-state index in [0.717, 1.165) is 16.9 Å². The van der Waals surface area contributed by atoms with E-state index in [2.05, 4.69) is 42.5 Å². The van der Waals surface area contributed by atoms with Gasteiger partial charge in [-0.15, -0.1) is 0 Å². The van der Waals surface area contributed by atoms with E-state index in [1.165, 1.54) is 15.7 Å². The molecular formula is C20H18OS. The van der Waals surface area contributed by atoms with Gasteiger partial charge in [-0.05, 0) is 35.4 Å². The molecular weight excluding hydrogens is 288 g/mol. The highest BCUT2D eigenvalue weighted by Crippen LogP contribution is 2.33. The summed E-state index contributed by atoms with van der Waals surface area (Å²) in [5.41, 5.74) is 0.809. The van der Waals surface area contributed by atoms with Crippen molar-refractivity contribution in [1.29, 1.82) is 0 Å². The van der Waals surface area contributed by atoms with Gasteiger partial charge in [0.2, 0.25) is 0 Å². The Morgan fingerprint density at radius 3 is 2.41 bits per heavy atom. The normalized spacial score (nSPS) is 10.8. The average Bonchev–Trinajstić information content (AvgIpc) is 2.56. The highest BCUT2D eigenvalue weighted by Gasteiger charge is 2.06. The number of fused-ring (bicyclic) bond motifs is 1. The van der Waals surface area contributed by atoms with Gasteiger partial charge in [0.15, 0.2) is 5.78 Å². The van der Waals surface area contributed by atoms with Crippen LogP contribution in [0.1, 0.15) is 30.1 Å². The van der Waals surface area contributed by atoms with Gasteiger partial charge in [0.1, 0.15) is 0 Å². The molecule has 3 rings (SSSR count). The third-order valence-corrected chi connectivity index (χ3v) is 4.71. The van der Waals surface area contributed by atoms with Crippen molar-refractivity contribution in [3.63, 3.8) is 0 Å². The number of carbonyl (C=O) groups excluding carboxylic acids is 1. The van der Waals surface area contributed by atoms with Gasteiger partial charge in [0.05, 0.1) is 0 Å². The molecule has 0 amide bonds. The number of Topliss-reactive ketones (excluding diaryl/α,β-unsaturated/α-hetero) is 1. The number of ketones is 1. The van der Waals surface area contributed by atoms with Gasteiger partial charge in [-0.1, -0.05) is 67.2 Å². The molecule has 0 radical (unpaired) electrons. The van der Waals surface area contributed by atoms with Crippen molar-refractivity contribution in [3.8, 4) is 0 Å². The van der Waals surface area contributed by atoms with Gasteiger partial charge in [-0.25, -0.2) is 0 Å². The molecule has 22 heavy (non-hydrogen) atoms. The van der Waals surface area contributed by atoms with Gasteiger partial charge in [0, 0.05) is 21.8 Å². The maximum Gasteiger partial charge on any atom is 0.162 e. The fourth-order valence-electron chi connectivity index (χ4n) is 2.49. The Morgan fingerprint density at radius 2 is 1.64 bits per heavy atom. The maximum atomic E-state index is 11.9. The third kappa shape index (κ3) is 3.23. The third-order valence-electron chi connectivity index (χ3n) is 3.63. The van der Waals surface area contributed by atoms with Crippen molar-refractivity contribution in [1.82, 2.24) is 0 Å². The van der Waals surface area contributed by atoms with Crippen LogP contribution in [0.15, 0.2) is 76.5 Å². The van der Waals surface area contributed by atoms with E-state index in [0.29, 0.717) is 6.42 Å². The number of hydrogen-bond donors (Lipinski definition) is 0. The molecule has 0 aromatic heterocycles. The lowest BCUT2D eigenvalue weighted by molar-refractivity contribution is 0.0981. The quantitative estimate of drug-likeness (QED) is 0.540. The van der Waals surface area contributed by atoms with Crippen LogP contribution in [0, 0.1) is 0 Å². The first-order valence-electron chi connectivity index (χ1n) is 7.57. The van der Waals surface area contributed by atoms with E-state index in [1.54, 1.807) is 11.8 Å². The molecule has 0 saturated heterocycles. The number of carbonyl (C=O) groups is 1. The van der Waals surface area contributed by atoms with Crippen LogP contribution in [0.3, 0.4) is 0 Å². The minimum absolute atomic E-state index is 0.226. The predicted octanol–water partition coefficient (Wildman–Crippen LogP) is 5.97. The highest BCUT2D eigenvalue weighted by atomic mass is 32.2. The lowest BCUT2D eigenvalue weighted by Gasteiger charge is -2.07. The largest absolute Gasteiger partial charge is 0.294 e. The maximum absolute atomic E-state index is 11.9. The molecule has 0 spiro atoms. The van der Waals surface area contributed by atoms with Gasteiger partial charge >= 0.3 is 0 Å². The summed E-state index contributed by atoms with van der Waals surface area (Å²) in [7, 11) is 0. The first-order chi connectivity index (χ1) is 10.8. The molecule has 0 atom stereocenters. The van der Waals surface area contributed by atoms with Crippen LogP contribution < -0.4 is 0 Å². The lowest BCUT2D eigenvalue weighted by Crippen LogP contribution is -1.97. The molecule has 0 aliphatic carbocycles. The number of rotatable bonds is 5. The minimum atomic E-state index is 0.226. The Kier molecular flexibility index (Phi) is 4.59. The van der Waals surface area contributed by atoms with E-state index in [-0.39, 0.29) is 5.78 Å². The lowest BCUT2D eigenvalue weighted by atomic mass is 10.1. The van der Waals surface area contributed by atoms with Crippen LogP contribution in [0.2, 0.25) is 0 Å². The molecule has 0 N–H and O–H groups in total. The fourth-order valence-corrected chi connectivity index (χ4v) is 3.46. The Hall–Kier alpha value is -2.06. The molecule has 2 heteroatoms. The SMILES string of the molecule is CCCC(=O)c1ccc(Sc2cccc3ccccc23)cc1. The van der Waals surface area contributed by atoms with Crippen molar-refractivity contribution in [2.75, 3.05) is 0 Å². The summed E-state index contributed by atoms with van der Waals surface area (Å²) in [4.78, 5) is 14.3. The Balaban J connectivity index is 1.85. The van der Waals surface area contributed by atoms with E-state index in [4.69, 9.17) is 0 Å². The summed E-state index contributed by atoms with van der Waals surface area (Å²) >= 11 is 1.74. The monoisotopic (exact) mass is 306 g/mol. The molecule has 0 bridgehead atoms. The van der Waals surface area contributed by atoms with Crippen LogP contribution >= 0.6 is 11.8 Å². The summed E-state index contributed by atoms with van der Waals surface area (Å²) < 4.78 is 0. The van der Waals surface area contributed by atoms with E-state index >= 15 is 0 Å². The first-order valence-corrected chi connectivity index (χ1v) is 8.38. The summed E-state index contributed by atoms with van der Waals surface area (Å²) in [6.07, 6.45) is 1.52. The van der Waals surface area contributed by atoms with Crippen LogP contribution in [-0.2, 0) is 0 Å². The number of benzene rings is 3. The van der Waals surface area contributed by atoms with Crippen LogP contribution in [0.4, 0.5) is 0 Å². The summed E-state index contributed by atoms with van der Waals surface area (Å²) in [6.45, 7) is 2.03. The van der Waals surface area contributed by atoms with Crippen LogP contribution in [0.25, 0.3) is 10.8 Å². The Bertz CT molecular complexity index is 785. The van der Waals surface area contributed by atoms with E-state index in [9.17, 15) is 4.79 Å². The van der Waals surface area contributed by atoms with Gasteiger partial charge in [-0.3, -0.25) is 4.79 Å². The molecule has 0 heterocycles. The standard InChI is InChI=1S/C20H18OS/c1-2-6-19(21)16-11-13-17(14-12-16)22-20-10-5-8-15-7-3-4-9-18(15)20/h3-5,7-14H,2,6H2,1H3. The van der Waals surface area contributed by atoms with Crippen molar-refractivity contribution in [3.05, 3.63) is 72.3 Å². The van der Waals surface area contributed by atoms with Gasteiger partial charge in [0.25, 0.3) is 0 Å². The second-order valence-electron chi connectivity index (χ2n) is 5.28. The highest BCUT2D eigenvalue weighted by molar-refractivity contribution is 7.99. The van der Waals surface area contributed by atoms with Crippen molar-refractivity contribution in [2.24, 2.45) is 0 Å². The zero-order valence-electron chi connectivity index (χ0n) is 12.6. The molecule has 1 nitrogen and oxygen atoms in total. The minimum Gasteiger partial charge on any atom is -0.294 e. The molecule has 3 aromatic carbocycles. The Labute approximate surface area is 135 Å². The zero-order valence-corrected chi connectivity index (χ0v) is 13.4. The molecule has 3 aromatic rings. The predicted molar refractivity (Wildman–Crippen MR) is 93.8 cm³/mol. The van der Waals surface area contributed by atoms with Crippen LogP contribution in [0.5, 0.6) is 0 Å². The van der Waals surface area contributed by atoms with E-state index in [1.807, 2.05) is 31.2 Å². The number of hydrogen-bond acceptors (Lipinski definition) is 2. The van der Waals surface area contributed by atoms with Gasteiger partial charge in [-0.2, -0.15) is 0 Å². The zero-order chi connectivity index (χ0) is 15.4. The van der Waals surface area contributed by atoms with Gasteiger partial charge < -0.3 is 0 Å². The molecule has 0 aliphatic rings. The summed E-state index contributed by atoms with van der Waals surface area (Å²) in [5.74, 6) is 0.226. The van der Waals surface area contributed by atoms with Crippen molar-refractivity contribution in [2.45, 2.75) is 29.6 Å². The summed E-state index contributed by atoms with van der Waals surface area (Å²) in [5, 5.41) is 2.52. The van der Waals surface area contributed by atoms with Crippen molar-refractivity contribution < 1.29 is 4.79 Å². The smallest absolute Gasteiger partial charge is 0.162 e. The second-order valence-corrected chi connectivity index (χ2v) is 6.39. The topological polar surface area (TPSA) is 17.1 Å². The second kappa shape index (κ2) is 6.80. The fraction of sp³-hybridized carbons (Fsp3) is 0.150. The Morgan fingerprint density at radius 1 is 0.909 bits per heavy atom.